The molecule has 0 saturated carbocycles. The quantitative estimate of drug-likeness (QED) is 0.850. The minimum Gasteiger partial charge on any atom is -0.488 e. The monoisotopic (exact) mass is 276 g/mol. The van der Waals surface area contributed by atoms with E-state index in [1.54, 1.807) is 4.90 Å². The topological polar surface area (TPSA) is 32.8 Å². The van der Waals surface area contributed by atoms with Crippen LogP contribution in [0.4, 0.5) is 0 Å². The predicted molar refractivity (Wildman–Crippen MR) is 79.5 cm³/mol. The van der Waals surface area contributed by atoms with Crippen molar-refractivity contribution in [2.75, 3.05) is 13.7 Å². The van der Waals surface area contributed by atoms with Gasteiger partial charge in [-0.3, -0.25) is 9.69 Å². The average molecular weight is 276 g/mol. The number of ether oxygens (including phenoxy) is 1. The summed E-state index contributed by atoms with van der Waals surface area (Å²) in [4.78, 5) is 15.7. The summed E-state index contributed by atoms with van der Waals surface area (Å²) in [6, 6.07) is 8.06. The molecule has 110 valence electrons. The number of nitrogens with zero attached hydrogens (tertiary/aromatic N) is 2. The summed E-state index contributed by atoms with van der Waals surface area (Å²) in [6.07, 6.45) is 0. The number of carbonyl (C=O) groups is 1. The fraction of sp³-hybridized carbons (Fsp3) is 0.562. The van der Waals surface area contributed by atoms with Crippen molar-refractivity contribution in [3.05, 3.63) is 29.8 Å². The predicted octanol–water partition coefficient (Wildman–Crippen LogP) is 2.48. The van der Waals surface area contributed by atoms with E-state index >= 15 is 0 Å². The molecule has 0 aromatic heterocycles. The fourth-order valence-electron chi connectivity index (χ4n) is 2.42. The molecule has 4 heteroatoms. The van der Waals surface area contributed by atoms with E-state index in [4.69, 9.17) is 4.74 Å². The number of rotatable bonds is 3. The highest BCUT2D eigenvalue weighted by molar-refractivity contribution is 5.83. The molecule has 0 bridgehead atoms. The van der Waals surface area contributed by atoms with Crippen LogP contribution in [-0.2, 0) is 11.3 Å². The van der Waals surface area contributed by atoms with Crippen molar-refractivity contribution >= 4 is 5.91 Å². The second-order valence-electron chi connectivity index (χ2n) is 6.46. The second kappa shape index (κ2) is 5.44. The number of hydrogen-bond acceptors (Lipinski definition) is 3. The zero-order valence-electron chi connectivity index (χ0n) is 13.0. The van der Waals surface area contributed by atoms with Crippen LogP contribution in [0.3, 0.4) is 0 Å². The van der Waals surface area contributed by atoms with Crippen LogP contribution in [0, 0.1) is 0 Å². The van der Waals surface area contributed by atoms with Gasteiger partial charge in [0.15, 0.2) is 0 Å². The molecule has 1 amide bonds. The lowest BCUT2D eigenvalue weighted by atomic mass is 10.1. The van der Waals surface area contributed by atoms with Gasteiger partial charge in [0.05, 0.1) is 12.7 Å². The first kappa shape index (κ1) is 14.9. The van der Waals surface area contributed by atoms with E-state index in [1.807, 2.05) is 46.9 Å². The summed E-state index contributed by atoms with van der Waals surface area (Å²) in [7, 11) is 1.85. The first-order valence-electron chi connectivity index (χ1n) is 7.03. The van der Waals surface area contributed by atoms with Crippen LogP contribution in [0.15, 0.2) is 24.3 Å². The molecule has 1 aliphatic heterocycles. The second-order valence-corrected chi connectivity index (χ2v) is 6.46. The number of carbonyl (C=O) groups excluding carboxylic acids is 1. The third-order valence-electron chi connectivity index (χ3n) is 3.38. The van der Waals surface area contributed by atoms with Crippen LogP contribution < -0.4 is 4.74 Å². The van der Waals surface area contributed by atoms with Gasteiger partial charge in [0.2, 0.25) is 5.91 Å². The summed E-state index contributed by atoms with van der Waals surface area (Å²) in [5.74, 6) is 1.06. The molecule has 1 fully saturated rings. The van der Waals surface area contributed by atoms with E-state index in [1.165, 1.54) is 5.56 Å². The van der Waals surface area contributed by atoms with Crippen molar-refractivity contribution in [1.82, 2.24) is 9.80 Å². The molecule has 20 heavy (non-hydrogen) atoms. The Balaban J connectivity index is 2.07. The van der Waals surface area contributed by atoms with Crippen molar-refractivity contribution < 1.29 is 9.53 Å². The molecule has 0 radical (unpaired) electrons. The SMILES string of the molecule is CC1C(=O)N(C)CN1Cc1cccc(OC(C)(C)C)c1. The zero-order valence-corrected chi connectivity index (χ0v) is 13.0. The summed E-state index contributed by atoms with van der Waals surface area (Å²) in [5.41, 5.74) is 0.970. The Morgan fingerprint density at radius 2 is 2.05 bits per heavy atom. The minimum absolute atomic E-state index is 0.0489. The third-order valence-corrected chi connectivity index (χ3v) is 3.38. The highest BCUT2D eigenvalue weighted by Crippen LogP contribution is 2.22. The van der Waals surface area contributed by atoms with Crippen LogP contribution in [0.2, 0.25) is 0 Å². The van der Waals surface area contributed by atoms with Crippen molar-refractivity contribution in [3.8, 4) is 5.75 Å². The first-order valence-corrected chi connectivity index (χ1v) is 7.03. The molecule has 4 nitrogen and oxygen atoms in total. The molecular weight excluding hydrogens is 252 g/mol. The first-order chi connectivity index (χ1) is 9.26. The molecule has 0 aliphatic carbocycles. The van der Waals surface area contributed by atoms with E-state index in [-0.39, 0.29) is 17.6 Å². The largest absolute Gasteiger partial charge is 0.488 e. The van der Waals surface area contributed by atoms with Crippen LogP contribution in [0.1, 0.15) is 33.3 Å². The van der Waals surface area contributed by atoms with Gasteiger partial charge in [-0.25, -0.2) is 0 Å². The van der Waals surface area contributed by atoms with Gasteiger partial charge in [-0.1, -0.05) is 12.1 Å². The zero-order chi connectivity index (χ0) is 14.9. The molecular formula is C16H24N2O2. The van der Waals surface area contributed by atoms with E-state index < -0.39 is 0 Å². The van der Waals surface area contributed by atoms with Crippen molar-refractivity contribution in [1.29, 1.82) is 0 Å². The van der Waals surface area contributed by atoms with Crippen LogP contribution in [0.25, 0.3) is 0 Å². The Labute approximate surface area is 121 Å². The van der Waals surface area contributed by atoms with Crippen molar-refractivity contribution in [2.24, 2.45) is 0 Å². The maximum Gasteiger partial charge on any atom is 0.240 e. The Hall–Kier alpha value is -1.55. The maximum absolute atomic E-state index is 11.8. The van der Waals surface area contributed by atoms with Gasteiger partial charge < -0.3 is 9.64 Å². The van der Waals surface area contributed by atoms with E-state index in [2.05, 4.69) is 17.0 Å². The lowest BCUT2D eigenvalue weighted by Gasteiger charge is -2.23. The van der Waals surface area contributed by atoms with Gasteiger partial charge in [-0.15, -0.1) is 0 Å². The number of benzene rings is 1. The Bertz CT molecular complexity index is 493. The standard InChI is InChI=1S/C16H24N2O2/c1-12-15(19)17(5)11-18(12)10-13-7-6-8-14(9-13)20-16(2,3)4/h6-9,12H,10-11H2,1-5H3. The normalized spacial score (nSPS) is 20.6. The molecule has 1 aromatic rings. The van der Waals surface area contributed by atoms with Crippen molar-refractivity contribution in [3.63, 3.8) is 0 Å². The summed E-state index contributed by atoms with van der Waals surface area (Å²) < 4.78 is 5.88. The number of hydrogen-bond donors (Lipinski definition) is 0. The highest BCUT2D eigenvalue weighted by atomic mass is 16.5. The van der Waals surface area contributed by atoms with E-state index in [0.29, 0.717) is 6.67 Å². The molecule has 1 unspecified atom stereocenters. The molecule has 0 spiro atoms. The summed E-state index contributed by atoms with van der Waals surface area (Å²) in [5, 5.41) is 0. The Morgan fingerprint density at radius 3 is 2.60 bits per heavy atom. The summed E-state index contributed by atoms with van der Waals surface area (Å²) in [6.45, 7) is 9.52. The van der Waals surface area contributed by atoms with Gasteiger partial charge in [-0.2, -0.15) is 0 Å². The lowest BCUT2D eigenvalue weighted by molar-refractivity contribution is -0.127. The molecule has 1 aliphatic rings. The van der Waals surface area contributed by atoms with Gasteiger partial charge in [0.25, 0.3) is 0 Å². The number of amides is 1. The smallest absolute Gasteiger partial charge is 0.240 e. The molecule has 2 rings (SSSR count). The molecule has 1 heterocycles. The van der Waals surface area contributed by atoms with Gasteiger partial charge in [-0.05, 0) is 45.4 Å². The molecule has 0 N–H and O–H groups in total. The van der Waals surface area contributed by atoms with Crippen LogP contribution in [0.5, 0.6) is 5.75 Å². The van der Waals surface area contributed by atoms with Crippen LogP contribution >= 0.6 is 0 Å². The number of likely N-dealkylation sites (N-methyl/N-ethyl adjacent to an activating group) is 1. The maximum atomic E-state index is 11.8. The highest BCUT2D eigenvalue weighted by Gasteiger charge is 2.32. The third kappa shape index (κ3) is 3.51. The van der Waals surface area contributed by atoms with Gasteiger partial charge >= 0.3 is 0 Å². The Kier molecular flexibility index (Phi) is 4.04. The van der Waals surface area contributed by atoms with Crippen molar-refractivity contribution in [2.45, 2.75) is 45.9 Å². The van der Waals surface area contributed by atoms with Crippen LogP contribution in [-0.4, -0.2) is 41.1 Å². The summed E-state index contributed by atoms with van der Waals surface area (Å²) >= 11 is 0. The minimum atomic E-state index is -0.199. The van der Waals surface area contributed by atoms with E-state index in [0.717, 1.165) is 12.3 Å². The lowest BCUT2D eigenvalue weighted by Crippen LogP contribution is -2.29. The fourth-order valence-corrected chi connectivity index (χ4v) is 2.42. The molecule has 1 atom stereocenters. The molecule has 1 saturated heterocycles. The average Bonchev–Trinajstić information content (AvgIpc) is 2.55. The Morgan fingerprint density at radius 1 is 1.35 bits per heavy atom. The molecule has 1 aromatic carbocycles. The van der Waals surface area contributed by atoms with E-state index in [9.17, 15) is 4.79 Å². The van der Waals surface area contributed by atoms with Gasteiger partial charge in [0, 0.05) is 13.6 Å². The van der Waals surface area contributed by atoms with Gasteiger partial charge in [0.1, 0.15) is 11.4 Å².